The Morgan fingerprint density at radius 3 is 1.88 bits per heavy atom. The van der Waals surface area contributed by atoms with Gasteiger partial charge in [0.15, 0.2) is 0 Å². The maximum absolute atomic E-state index is 11.2. The molecular weight excluding hydrogens is 300 g/mol. The number of aryl methyl sites for hydroxylation is 2. The maximum Gasteiger partial charge on any atom is 0.308 e. The summed E-state index contributed by atoms with van der Waals surface area (Å²) in [6, 6.07) is 12.4. The first kappa shape index (κ1) is 18.1. The minimum atomic E-state index is -0.296. The highest BCUT2D eigenvalue weighted by Crippen LogP contribution is 2.38. The fourth-order valence-electron chi connectivity index (χ4n) is 3.06. The van der Waals surface area contributed by atoms with Crippen LogP contribution in [0.5, 0.6) is 11.5 Å². The second kappa shape index (κ2) is 7.08. The smallest absolute Gasteiger partial charge is 0.308 e. The number of benzene rings is 2. The first-order valence-corrected chi connectivity index (χ1v) is 8.26. The Morgan fingerprint density at radius 1 is 1.00 bits per heavy atom. The van der Waals surface area contributed by atoms with Crippen molar-refractivity contribution in [1.82, 2.24) is 0 Å². The molecule has 0 saturated heterocycles. The molecule has 1 atom stereocenters. The molecule has 3 nitrogen and oxygen atoms in total. The molecule has 2 aromatic rings. The van der Waals surface area contributed by atoms with Crippen LogP contribution in [0.15, 0.2) is 36.4 Å². The topological polar surface area (TPSA) is 35.5 Å². The van der Waals surface area contributed by atoms with Crippen LogP contribution in [0.3, 0.4) is 0 Å². The summed E-state index contributed by atoms with van der Waals surface area (Å²) < 4.78 is 10.6. The van der Waals surface area contributed by atoms with Crippen LogP contribution in [0.2, 0.25) is 0 Å². The van der Waals surface area contributed by atoms with Gasteiger partial charge in [-0.15, -0.1) is 0 Å². The molecule has 3 heteroatoms. The molecule has 0 amide bonds. The van der Waals surface area contributed by atoms with Crippen molar-refractivity contribution in [2.24, 2.45) is 0 Å². The second-order valence-electron chi connectivity index (χ2n) is 6.44. The summed E-state index contributed by atoms with van der Waals surface area (Å²) in [5, 5.41) is 0. The van der Waals surface area contributed by atoms with Gasteiger partial charge < -0.3 is 9.47 Å². The zero-order valence-corrected chi connectivity index (χ0v) is 15.4. The average molecular weight is 326 g/mol. The Kier molecular flexibility index (Phi) is 5.33. The minimum Gasteiger partial charge on any atom is -0.496 e. The third-order valence-electron chi connectivity index (χ3n) is 4.80. The molecule has 2 rings (SSSR count). The van der Waals surface area contributed by atoms with Gasteiger partial charge in [-0.25, -0.2) is 0 Å². The molecule has 0 heterocycles. The summed E-state index contributed by atoms with van der Waals surface area (Å²) in [7, 11) is 1.69. The van der Waals surface area contributed by atoms with Crippen molar-refractivity contribution in [2.75, 3.05) is 7.11 Å². The van der Waals surface area contributed by atoms with Gasteiger partial charge in [0, 0.05) is 12.3 Å². The summed E-state index contributed by atoms with van der Waals surface area (Å²) in [5.41, 5.74) is 4.44. The Bertz CT molecular complexity index is 749. The zero-order valence-electron chi connectivity index (χ0n) is 15.4. The zero-order chi connectivity index (χ0) is 17.9. The molecule has 0 fully saturated rings. The van der Waals surface area contributed by atoms with Crippen LogP contribution in [0, 0.1) is 13.8 Å². The number of rotatable bonds is 5. The average Bonchev–Trinajstić information content (AvgIpc) is 2.55. The summed E-state index contributed by atoms with van der Waals surface area (Å²) in [5.74, 6) is 1.23. The summed E-state index contributed by atoms with van der Waals surface area (Å²) >= 11 is 0. The van der Waals surface area contributed by atoms with Crippen LogP contribution in [0.4, 0.5) is 0 Å². The van der Waals surface area contributed by atoms with E-state index in [0.717, 1.165) is 23.3 Å². The number of carbonyl (C=O) groups excluding carboxylic acids is 1. The lowest BCUT2D eigenvalue weighted by atomic mass is 9.73. The van der Waals surface area contributed by atoms with Gasteiger partial charge in [0.05, 0.1) is 7.11 Å². The summed E-state index contributed by atoms with van der Waals surface area (Å²) in [6.45, 7) is 9.89. The van der Waals surface area contributed by atoms with Crippen LogP contribution in [-0.2, 0) is 10.2 Å². The maximum atomic E-state index is 11.2. The van der Waals surface area contributed by atoms with Crippen molar-refractivity contribution in [2.45, 2.75) is 46.5 Å². The number of esters is 1. The molecule has 1 unspecified atom stereocenters. The molecule has 128 valence electrons. The van der Waals surface area contributed by atoms with Crippen LogP contribution in [-0.4, -0.2) is 13.1 Å². The van der Waals surface area contributed by atoms with Crippen molar-refractivity contribution in [1.29, 1.82) is 0 Å². The number of hydrogen-bond acceptors (Lipinski definition) is 3. The monoisotopic (exact) mass is 326 g/mol. The van der Waals surface area contributed by atoms with Gasteiger partial charge in [0.1, 0.15) is 11.5 Å². The molecule has 0 saturated carbocycles. The van der Waals surface area contributed by atoms with E-state index in [1.165, 1.54) is 18.1 Å². The molecule has 0 radical (unpaired) electrons. The van der Waals surface area contributed by atoms with E-state index >= 15 is 0 Å². The van der Waals surface area contributed by atoms with Gasteiger partial charge in [0.2, 0.25) is 0 Å². The largest absolute Gasteiger partial charge is 0.496 e. The van der Waals surface area contributed by atoms with E-state index in [9.17, 15) is 4.79 Å². The van der Waals surface area contributed by atoms with E-state index in [-0.39, 0.29) is 11.4 Å². The number of ether oxygens (including phenoxy) is 2. The Morgan fingerprint density at radius 2 is 1.50 bits per heavy atom. The van der Waals surface area contributed by atoms with Gasteiger partial charge in [0.25, 0.3) is 0 Å². The highest BCUT2D eigenvalue weighted by atomic mass is 16.5. The van der Waals surface area contributed by atoms with E-state index < -0.39 is 0 Å². The van der Waals surface area contributed by atoms with Gasteiger partial charge in [-0.1, -0.05) is 38.1 Å². The van der Waals surface area contributed by atoms with Crippen molar-refractivity contribution in [3.8, 4) is 11.5 Å². The van der Waals surface area contributed by atoms with E-state index in [4.69, 9.17) is 9.47 Å². The molecule has 0 aromatic heterocycles. The lowest BCUT2D eigenvalue weighted by Crippen LogP contribution is -2.23. The third kappa shape index (κ3) is 3.45. The summed E-state index contributed by atoms with van der Waals surface area (Å²) in [4.78, 5) is 11.2. The Labute approximate surface area is 144 Å². The fraction of sp³-hybridized carbons (Fsp3) is 0.381. The molecule has 0 spiro atoms. The molecule has 0 aliphatic heterocycles. The molecule has 0 aliphatic rings. The van der Waals surface area contributed by atoms with Crippen LogP contribution in [0.25, 0.3) is 0 Å². The van der Waals surface area contributed by atoms with Gasteiger partial charge >= 0.3 is 5.97 Å². The van der Waals surface area contributed by atoms with Crippen LogP contribution in [0.1, 0.15) is 49.4 Å². The van der Waals surface area contributed by atoms with E-state index in [1.54, 1.807) is 7.11 Å². The molecule has 24 heavy (non-hydrogen) atoms. The minimum absolute atomic E-state index is 0.115. The third-order valence-corrected chi connectivity index (χ3v) is 4.80. The molecule has 0 N–H and O–H groups in total. The Hall–Kier alpha value is -2.29. The predicted molar refractivity (Wildman–Crippen MR) is 97.0 cm³/mol. The SMILES string of the molecule is CCC(C)(c1ccc(OC)c(C)c1)c1ccc(OC(C)=O)c(C)c1. The molecule has 0 aliphatic carbocycles. The van der Waals surface area contributed by atoms with Gasteiger partial charge in [-0.05, 0) is 54.7 Å². The Balaban J connectivity index is 2.47. The standard InChI is InChI=1S/C21H26O3/c1-7-21(5,17-8-10-19(23-6)14(2)12-17)18-9-11-20(15(3)13-18)24-16(4)22/h8-13H,7H2,1-6H3. The lowest BCUT2D eigenvalue weighted by molar-refractivity contribution is -0.131. The van der Waals surface area contributed by atoms with Gasteiger partial charge in [-0.2, -0.15) is 0 Å². The van der Waals surface area contributed by atoms with Crippen molar-refractivity contribution in [3.63, 3.8) is 0 Å². The highest BCUT2D eigenvalue weighted by Gasteiger charge is 2.28. The van der Waals surface area contributed by atoms with Crippen LogP contribution < -0.4 is 9.47 Å². The number of carbonyl (C=O) groups is 1. The first-order chi connectivity index (χ1) is 11.3. The van der Waals surface area contributed by atoms with E-state index in [2.05, 4.69) is 39.0 Å². The normalized spacial score (nSPS) is 13.2. The molecule has 0 bridgehead atoms. The first-order valence-electron chi connectivity index (χ1n) is 8.26. The van der Waals surface area contributed by atoms with Crippen molar-refractivity contribution >= 4 is 5.97 Å². The number of methoxy groups -OCH3 is 1. The molecule has 2 aromatic carbocycles. The van der Waals surface area contributed by atoms with Crippen LogP contribution >= 0.6 is 0 Å². The highest BCUT2D eigenvalue weighted by molar-refractivity contribution is 5.69. The lowest BCUT2D eigenvalue weighted by Gasteiger charge is -2.31. The van der Waals surface area contributed by atoms with Crippen molar-refractivity contribution < 1.29 is 14.3 Å². The van der Waals surface area contributed by atoms with Gasteiger partial charge in [-0.3, -0.25) is 4.79 Å². The summed E-state index contributed by atoms with van der Waals surface area (Å²) in [6.07, 6.45) is 0.963. The fourth-order valence-corrected chi connectivity index (χ4v) is 3.06. The van der Waals surface area contributed by atoms with E-state index in [1.807, 2.05) is 25.1 Å². The van der Waals surface area contributed by atoms with Crippen molar-refractivity contribution in [3.05, 3.63) is 58.7 Å². The predicted octanol–water partition coefficient (Wildman–Crippen LogP) is 4.95. The number of hydrogen-bond donors (Lipinski definition) is 0. The van der Waals surface area contributed by atoms with E-state index in [0.29, 0.717) is 5.75 Å². The second-order valence-corrected chi connectivity index (χ2v) is 6.44. The quantitative estimate of drug-likeness (QED) is 0.576. The molecular formula is C21H26O3.